The molecule has 1 aliphatic heterocycles. The summed E-state index contributed by atoms with van der Waals surface area (Å²) in [5.74, 6) is 4.52. The number of isothiocyanates is 1. The summed E-state index contributed by atoms with van der Waals surface area (Å²) < 4.78 is 0. The summed E-state index contributed by atoms with van der Waals surface area (Å²) >= 11 is 3.70. The van der Waals surface area contributed by atoms with E-state index in [0.717, 1.165) is 10.9 Å². The number of hydrogen-bond donors (Lipinski definition) is 0. The summed E-state index contributed by atoms with van der Waals surface area (Å²) in [6, 6.07) is 0. The average molecular weight is 175 g/mol. The third-order valence-corrected chi connectivity index (χ3v) is 4.07. The lowest BCUT2D eigenvalue weighted by atomic mass is 10.4. The molecule has 0 amide bonds. The van der Waals surface area contributed by atoms with Gasteiger partial charge < -0.3 is 5.41 Å². The molecule has 0 bridgehead atoms. The zero-order chi connectivity index (χ0) is 7.82. The molecule has 0 spiro atoms. The number of thiocarbonyl (C=S) groups is 1. The van der Waals surface area contributed by atoms with Crippen molar-refractivity contribution in [3.05, 3.63) is 5.41 Å². The van der Waals surface area contributed by atoms with Crippen LogP contribution < -0.4 is 0 Å². The van der Waals surface area contributed by atoms with E-state index in [1.54, 1.807) is 0 Å². The maximum atomic E-state index is 7.13. The standard InChI is InChI=1S/C6H13S.CNS/c1-2-7-5-3-4-6-7;2-1-3/h2-6H2,1H3;/q+1;-1. The van der Waals surface area contributed by atoms with Crippen LogP contribution in [0.15, 0.2) is 0 Å². The van der Waals surface area contributed by atoms with Crippen LogP contribution in [-0.4, -0.2) is 22.4 Å². The number of hydrogen-bond acceptors (Lipinski definition) is 1. The smallest absolute Gasteiger partial charge is 0.108 e. The van der Waals surface area contributed by atoms with Gasteiger partial charge in [-0.1, -0.05) is 12.2 Å². The molecule has 58 valence electrons. The quantitative estimate of drug-likeness (QED) is 0.340. The lowest BCUT2D eigenvalue weighted by Gasteiger charge is -1.90. The molecule has 0 N–H and O–H groups in total. The number of rotatable bonds is 1. The molecule has 1 rings (SSSR count). The Bertz CT molecular complexity index is 102. The van der Waals surface area contributed by atoms with Crippen molar-refractivity contribution in [2.24, 2.45) is 0 Å². The van der Waals surface area contributed by atoms with Crippen LogP contribution in [0.3, 0.4) is 0 Å². The van der Waals surface area contributed by atoms with Crippen molar-refractivity contribution in [2.75, 3.05) is 17.3 Å². The minimum absolute atomic E-state index is 0.866. The highest BCUT2D eigenvalue weighted by Crippen LogP contribution is 2.11. The Kier molecular flexibility index (Phi) is 7.37. The van der Waals surface area contributed by atoms with Gasteiger partial charge in [-0.05, 0) is 30.7 Å². The third kappa shape index (κ3) is 4.98. The van der Waals surface area contributed by atoms with E-state index >= 15 is 0 Å². The largest absolute Gasteiger partial charge is 0.753 e. The molecule has 0 radical (unpaired) electrons. The Balaban J connectivity index is 0.000000236. The van der Waals surface area contributed by atoms with Crippen molar-refractivity contribution in [3.63, 3.8) is 0 Å². The van der Waals surface area contributed by atoms with Crippen molar-refractivity contribution in [1.82, 2.24) is 0 Å². The molecule has 1 heterocycles. The van der Waals surface area contributed by atoms with Gasteiger partial charge in [0.15, 0.2) is 0 Å². The summed E-state index contributed by atoms with van der Waals surface area (Å²) in [5, 5.41) is 8.47. The van der Waals surface area contributed by atoms with Crippen LogP contribution in [0, 0.1) is 0 Å². The predicted octanol–water partition coefficient (Wildman–Crippen LogP) is 2.08. The lowest BCUT2D eigenvalue weighted by molar-refractivity contribution is 0.949. The summed E-state index contributed by atoms with van der Waals surface area (Å²) in [5.41, 5.74) is 0. The molecule has 0 saturated carbocycles. The minimum Gasteiger partial charge on any atom is -0.753 e. The second-order valence-electron chi connectivity index (χ2n) is 2.11. The third-order valence-electron chi connectivity index (χ3n) is 1.52. The topological polar surface area (TPSA) is 22.3 Å². The van der Waals surface area contributed by atoms with E-state index in [0.29, 0.717) is 0 Å². The predicted molar refractivity (Wildman–Crippen MR) is 52.8 cm³/mol. The van der Waals surface area contributed by atoms with Crippen molar-refractivity contribution in [3.8, 4) is 0 Å². The van der Waals surface area contributed by atoms with Crippen molar-refractivity contribution in [2.45, 2.75) is 19.8 Å². The van der Waals surface area contributed by atoms with Gasteiger partial charge in [0.1, 0.15) is 17.3 Å². The molecule has 1 aliphatic rings. The van der Waals surface area contributed by atoms with Gasteiger partial charge >= 0.3 is 0 Å². The maximum absolute atomic E-state index is 7.13. The van der Waals surface area contributed by atoms with Gasteiger partial charge in [0.05, 0.1) is 0 Å². The molecular formula is C7H13NS2. The Morgan fingerprint density at radius 1 is 1.50 bits per heavy atom. The van der Waals surface area contributed by atoms with Crippen LogP contribution >= 0.6 is 12.2 Å². The first-order valence-electron chi connectivity index (χ1n) is 3.50. The molecule has 0 atom stereocenters. The summed E-state index contributed by atoms with van der Waals surface area (Å²) in [7, 11) is 0.866. The van der Waals surface area contributed by atoms with Crippen LogP contribution in [0.4, 0.5) is 0 Å². The average Bonchev–Trinajstić information content (AvgIpc) is 2.39. The van der Waals surface area contributed by atoms with Gasteiger partial charge in [0, 0.05) is 0 Å². The Labute approximate surface area is 71.1 Å². The fourth-order valence-electron chi connectivity index (χ4n) is 1.00. The van der Waals surface area contributed by atoms with Gasteiger partial charge in [-0.25, -0.2) is 0 Å². The SMILES string of the molecule is CC[S+]1CCCC1.[N-]=C=S. The fraction of sp³-hybridized carbons (Fsp3) is 0.857. The molecule has 10 heavy (non-hydrogen) atoms. The minimum atomic E-state index is 0.866. The van der Waals surface area contributed by atoms with Crippen LogP contribution in [0.2, 0.25) is 0 Å². The first-order chi connectivity index (χ1) is 4.85. The first kappa shape index (κ1) is 10.2. The lowest BCUT2D eigenvalue weighted by Crippen LogP contribution is -2.04. The molecule has 0 aromatic carbocycles. The molecule has 1 saturated heterocycles. The number of nitrogens with zero attached hydrogens (tertiary/aromatic N) is 1. The van der Waals surface area contributed by atoms with Crippen LogP contribution in [0.1, 0.15) is 19.8 Å². The zero-order valence-corrected chi connectivity index (χ0v) is 7.93. The van der Waals surface area contributed by atoms with E-state index in [2.05, 4.69) is 19.1 Å². The summed E-state index contributed by atoms with van der Waals surface area (Å²) in [6.07, 6.45) is 3.02. The molecule has 1 fully saturated rings. The second-order valence-corrected chi connectivity index (χ2v) is 4.91. The molecule has 3 heteroatoms. The van der Waals surface area contributed by atoms with Crippen molar-refractivity contribution < 1.29 is 0 Å². The van der Waals surface area contributed by atoms with Gasteiger partial charge in [-0.2, -0.15) is 5.16 Å². The molecular weight excluding hydrogens is 162 g/mol. The fourth-order valence-corrected chi connectivity index (χ4v) is 3.01. The highest BCUT2D eigenvalue weighted by atomic mass is 32.2. The summed E-state index contributed by atoms with van der Waals surface area (Å²) in [4.78, 5) is 0. The van der Waals surface area contributed by atoms with E-state index in [-0.39, 0.29) is 0 Å². The highest BCUT2D eigenvalue weighted by molar-refractivity contribution is 7.97. The second kappa shape index (κ2) is 7.26. The van der Waals surface area contributed by atoms with Crippen LogP contribution in [0.25, 0.3) is 5.41 Å². The van der Waals surface area contributed by atoms with Gasteiger partial charge in [-0.15, -0.1) is 0 Å². The Morgan fingerprint density at radius 3 is 2.10 bits per heavy atom. The van der Waals surface area contributed by atoms with E-state index in [9.17, 15) is 0 Å². The van der Waals surface area contributed by atoms with Crippen LogP contribution in [-0.2, 0) is 10.9 Å². The normalized spacial score (nSPS) is 17.3. The first-order valence-corrected chi connectivity index (χ1v) is 5.64. The Hall–Kier alpha value is 0.150. The zero-order valence-electron chi connectivity index (χ0n) is 6.30. The monoisotopic (exact) mass is 175 g/mol. The Morgan fingerprint density at radius 2 is 1.90 bits per heavy atom. The van der Waals surface area contributed by atoms with E-state index < -0.39 is 0 Å². The van der Waals surface area contributed by atoms with E-state index in [4.69, 9.17) is 5.41 Å². The summed E-state index contributed by atoms with van der Waals surface area (Å²) in [6.45, 7) is 2.31. The maximum Gasteiger partial charge on any atom is 0.108 e. The van der Waals surface area contributed by atoms with Crippen LogP contribution in [0.5, 0.6) is 0 Å². The molecule has 0 aliphatic carbocycles. The van der Waals surface area contributed by atoms with E-state index in [1.807, 2.05) is 0 Å². The molecule has 0 aromatic heterocycles. The van der Waals surface area contributed by atoms with Gasteiger partial charge in [0.2, 0.25) is 0 Å². The highest BCUT2D eigenvalue weighted by Gasteiger charge is 2.20. The van der Waals surface area contributed by atoms with Gasteiger partial charge in [0.25, 0.3) is 0 Å². The van der Waals surface area contributed by atoms with Gasteiger partial charge in [-0.3, -0.25) is 0 Å². The van der Waals surface area contributed by atoms with Crippen molar-refractivity contribution in [1.29, 1.82) is 0 Å². The molecule has 0 unspecified atom stereocenters. The van der Waals surface area contributed by atoms with E-state index in [1.165, 1.54) is 35.3 Å². The molecule has 1 nitrogen and oxygen atoms in total. The van der Waals surface area contributed by atoms with Crippen molar-refractivity contribution >= 4 is 28.3 Å². The molecule has 0 aromatic rings.